The van der Waals surface area contributed by atoms with Crippen LogP contribution in [0.25, 0.3) is 32.7 Å². The number of para-hydroxylation sites is 2. The third-order valence-corrected chi connectivity index (χ3v) is 5.30. The van der Waals surface area contributed by atoms with Gasteiger partial charge in [0.2, 0.25) is 0 Å². The molecule has 5 aromatic rings. The third kappa shape index (κ3) is 2.47. The molecule has 2 aromatic heterocycles. The Labute approximate surface area is 158 Å². The lowest BCUT2D eigenvalue weighted by Crippen LogP contribution is -1.94. The van der Waals surface area contributed by atoms with Crippen molar-refractivity contribution in [3.63, 3.8) is 0 Å². The summed E-state index contributed by atoms with van der Waals surface area (Å²) in [6.45, 7) is 5.25. The minimum atomic E-state index is 0.964. The largest absolute Gasteiger partial charge is 0.341 e. The summed E-state index contributed by atoms with van der Waals surface area (Å²) in [6, 6.07) is 25.7. The molecule has 0 spiro atoms. The van der Waals surface area contributed by atoms with E-state index in [1.807, 2.05) is 10.9 Å². The molecule has 0 saturated carbocycles. The van der Waals surface area contributed by atoms with Crippen molar-refractivity contribution in [2.75, 3.05) is 0 Å². The molecule has 0 fully saturated rings. The lowest BCUT2D eigenvalue weighted by molar-refractivity contribution is 0.827. The van der Waals surface area contributed by atoms with Crippen LogP contribution in [0.15, 0.2) is 77.9 Å². The first-order valence-electron chi connectivity index (χ1n) is 9.38. The van der Waals surface area contributed by atoms with Gasteiger partial charge in [0.25, 0.3) is 0 Å². The monoisotopic (exact) mass is 351 g/mol. The smallest absolute Gasteiger partial charge is 0.0721 e. The number of aromatic nitrogens is 2. The predicted molar refractivity (Wildman–Crippen MR) is 115 cm³/mol. The SMILES string of the molecule is CCn1c2ccccc2c2cc(/C=N/n3c(C)cc4ccccc43)ccc21. The van der Waals surface area contributed by atoms with Crippen LogP contribution in [0.3, 0.4) is 0 Å². The van der Waals surface area contributed by atoms with E-state index in [1.54, 1.807) is 0 Å². The predicted octanol–water partition coefficient (Wildman–Crippen LogP) is 5.96. The number of aryl methyl sites for hydroxylation is 2. The molecule has 132 valence electrons. The van der Waals surface area contributed by atoms with Crippen LogP contribution >= 0.6 is 0 Å². The zero-order chi connectivity index (χ0) is 18.4. The van der Waals surface area contributed by atoms with Crippen molar-refractivity contribution in [1.29, 1.82) is 0 Å². The van der Waals surface area contributed by atoms with Gasteiger partial charge in [-0.2, -0.15) is 5.10 Å². The van der Waals surface area contributed by atoms with Crippen LogP contribution < -0.4 is 0 Å². The van der Waals surface area contributed by atoms with Crippen molar-refractivity contribution in [2.45, 2.75) is 20.4 Å². The summed E-state index contributed by atoms with van der Waals surface area (Å²) in [6.07, 6.45) is 1.96. The summed E-state index contributed by atoms with van der Waals surface area (Å²) in [5, 5.41) is 8.56. The molecule has 0 unspecified atom stereocenters. The topological polar surface area (TPSA) is 22.2 Å². The van der Waals surface area contributed by atoms with Crippen molar-refractivity contribution in [1.82, 2.24) is 9.24 Å². The van der Waals surface area contributed by atoms with Crippen molar-refractivity contribution in [3.05, 3.63) is 84.1 Å². The average Bonchev–Trinajstić information content (AvgIpc) is 3.19. The maximum absolute atomic E-state index is 4.76. The first-order chi connectivity index (χ1) is 13.3. The fourth-order valence-electron chi connectivity index (χ4n) is 4.05. The summed E-state index contributed by atoms with van der Waals surface area (Å²) in [4.78, 5) is 0. The molecule has 0 radical (unpaired) electrons. The van der Waals surface area contributed by atoms with Crippen LogP contribution in [0.1, 0.15) is 18.2 Å². The van der Waals surface area contributed by atoms with Gasteiger partial charge in [-0.05, 0) is 49.7 Å². The maximum atomic E-state index is 4.76. The van der Waals surface area contributed by atoms with Gasteiger partial charge in [0.05, 0.1) is 11.7 Å². The lowest BCUT2D eigenvalue weighted by atomic mass is 10.1. The lowest BCUT2D eigenvalue weighted by Gasteiger charge is -2.03. The van der Waals surface area contributed by atoms with Crippen molar-refractivity contribution < 1.29 is 0 Å². The minimum absolute atomic E-state index is 0.964. The Morgan fingerprint density at radius 2 is 1.56 bits per heavy atom. The van der Waals surface area contributed by atoms with Crippen molar-refractivity contribution in [3.8, 4) is 0 Å². The third-order valence-electron chi connectivity index (χ3n) is 5.30. The van der Waals surface area contributed by atoms with Gasteiger partial charge in [0.1, 0.15) is 0 Å². The Balaban J connectivity index is 1.64. The number of benzene rings is 3. The summed E-state index contributed by atoms with van der Waals surface area (Å²) in [7, 11) is 0. The van der Waals surface area contributed by atoms with E-state index in [9.17, 15) is 0 Å². The highest BCUT2D eigenvalue weighted by atomic mass is 15.3. The molecule has 0 atom stereocenters. The van der Waals surface area contributed by atoms with Crippen molar-refractivity contribution >= 4 is 38.9 Å². The molecule has 0 saturated heterocycles. The van der Waals surface area contributed by atoms with Crippen LogP contribution in [-0.2, 0) is 6.54 Å². The minimum Gasteiger partial charge on any atom is -0.341 e. The van der Waals surface area contributed by atoms with E-state index in [4.69, 9.17) is 5.10 Å². The van der Waals surface area contributed by atoms with E-state index in [-0.39, 0.29) is 0 Å². The fraction of sp³-hybridized carbons (Fsp3) is 0.125. The van der Waals surface area contributed by atoms with Gasteiger partial charge in [-0.1, -0.05) is 42.5 Å². The highest BCUT2D eigenvalue weighted by molar-refractivity contribution is 6.09. The zero-order valence-corrected chi connectivity index (χ0v) is 15.6. The van der Waals surface area contributed by atoms with E-state index in [1.165, 1.54) is 27.2 Å². The van der Waals surface area contributed by atoms with Crippen LogP contribution in [0.2, 0.25) is 0 Å². The van der Waals surface area contributed by atoms with E-state index < -0.39 is 0 Å². The summed E-state index contributed by atoms with van der Waals surface area (Å²) < 4.78 is 4.38. The molecule has 3 heteroatoms. The second-order valence-electron chi connectivity index (χ2n) is 6.94. The van der Waals surface area contributed by atoms with Gasteiger partial charge in [0.15, 0.2) is 0 Å². The highest BCUT2D eigenvalue weighted by Crippen LogP contribution is 2.29. The average molecular weight is 351 g/mol. The quantitative estimate of drug-likeness (QED) is 0.358. The summed E-state index contributed by atoms with van der Waals surface area (Å²) >= 11 is 0. The second-order valence-corrected chi connectivity index (χ2v) is 6.94. The molecule has 0 N–H and O–H groups in total. The van der Waals surface area contributed by atoms with Gasteiger partial charge in [-0.25, -0.2) is 4.68 Å². The van der Waals surface area contributed by atoms with E-state index >= 15 is 0 Å². The Morgan fingerprint density at radius 3 is 2.41 bits per heavy atom. The number of nitrogens with zero attached hydrogens (tertiary/aromatic N) is 3. The molecule has 0 bridgehead atoms. The number of rotatable bonds is 3. The zero-order valence-electron chi connectivity index (χ0n) is 15.6. The van der Waals surface area contributed by atoms with Gasteiger partial charge in [0, 0.05) is 39.4 Å². The molecule has 0 aliphatic heterocycles. The number of hydrogen-bond acceptors (Lipinski definition) is 1. The fourth-order valence-corrected chi connectivity index (χ4v) is 4.05. The number of fused-ring (bicyclic) bond motifs is 4. The highest BCUT2D eigenvalue weighted by Gasteiger charge is 2.09. The second kappa shape index (κ2) is 6.13. The Bertz CT molecular complexity index is 1320. The molecule has 0 amide bonds. The first kappa shape index (κ1) is 15.9. The molecule has 0 aliphatic rings. The molecule has 27 heavy (non-hydrogen) atoms. The molecule has 3 nitrogen and oxygen atoms in total. The standard InChI is InChI=1S/C24H21N3/c1-3-26-23-11-7-5-9-20(23)21-15-18(12-13-24(21)26)16-25-27-17(2)14-19-8-4-6-10-22(19)27/h4-16H,3H2,1-2H3/b25-16+. The van der Waals surface area contributed by atoms with E-state index in [0.29, 0.717) is 0 Å². The summed E-state index contributed by atoms with van der Waals surface area (Å²) in [5.74, 6) is 0. The van der Waals surface area contributed by atoms with Gasteiger partial charge >= 0.3 is 0 Å². The van der Waals surface area contributed by atoms with Crippen LogP contribution in [-0.4, -0.2) is 15.5 Å². The molecule has 5 rings (SSSR count). The van der Waals surface area contributed by atoms with Gasteiger partial charge in [-0.3, -0.25) is 0 Å². The molecule has 0 aliphatic carbocycles. The van der Waals surface area contributed by atoms with Crippen LogP contribution in [0.4, 0.5) is 0 Å². The molecule has 2 heterocycles. The first-order valence-corrected chi connectivity index (χ1v) is 9.38. The summed E-state index contributed by atoms with van der Waals surface area (Å²) in [5.41, 5.74) is 5.94. The van der Waals surface area contributed by atoms with E-state index in [0.717, 1.165) is 23.3 Å². The van der Waals surface area contributed by atoms with Crippen molar-refractivity contribution in [2.24, 2.45) is 5.10 Å². The van der Waals surface area contributed by atoms with E-state index in [2.05, 4.69) is 91.2 Å². The van der Waals surface area contributed by atoms with Gasteiger partial charge in [-0.15, -0.1) is 0 Å². The Kier molecular flexibility index (Phi) is 3.61. The molecular formula is C24H21N3. The molecule has 3 aromatic carbocycles. The Morgan fingerprint density at radius 1 is 0.815 bits per heavy atom. The van der Waals surface area contributed by atoms with Gasteiger partial charge < -0.3 is 4.57 Å². The maximum Gasteiger partial charge on any atom is 0.0721 e. The normalized spacial score (nSPS) is 12.1. The Hall–Kier alpha value is -3.33. The molecular weight excluding hydrogens is 330 g/mol. The number of hydrogen-bond donors (Lipinski definition) is 0. The van der Waals surface area contributed by atoms with Crippen LogP contribution in [0.5, 0.6) is 0 Å². The van der Waals surface area contributed by atoms with Crippen LogP contribution in [0, 0.1) is 6.92 Å².